The third-order valence-corrected chi connectivity index (χ3v) is 21.3. The van der Waals surface area contributed by atoms with E-state index in [0.29, 0.717) is 0 Å². The molecule has 0 amide bonds. The predicted octanol–water partition coefficient (Wildman–Crippen LogP) is 16.8. The van der Waals surface area contributed by atoms with Gasteiger partial charge in [-0.3, -0.25) is 4.79 Å². The molecule has 22 rings (SSSR count). The van der Waals surface area contributed by atoms with Gasteiger partial charge in [0.1, 0.15) is 0 Å². The van der Waals surface area contributed by atoms with Crippen LogP contribution in [0, 0.1) is 29.1 Å². The number of rotatable bonds is 1. The standard InChI is InChI=1S/C70H53N3O/c1-69(2,3)38-22-52-49-26-48-42-16-17-47(41-11-5-4-10-40(41)42)68(74)55(48)29-59(49)72-57-27-51-54-24-39(70-30-34-18-35(31-70)20-36(19-34)32-70)25-56-64-60(73(67(54)56)58(51)28-50(57)53(23-38)66(52)72)21-37(33-71)61-62-43-12-6-8-14-45(43)63(65(61)64)46-15-9-7-13-44(46)62/h4-15,21-29,34-36,42,47,62-63H,16-20,30-32H2,1-3H3. The van der Waals surface area contributed by atoms with Crippen LogP contribution < -0.4 is 0 Å². The first kappa shape index (κ1) is 40.0. The third-order valence-electron chi connectivity index (χ3n) is 21.3. The van der Waals surface area contributed by atoms with Crippen molar-refractivity contribution < 1.29 is 4.79 Å². The zero-order valence-corrected chi connectivity index (χ0v) is 42.1. The van der Waals surface area contributed by atoms with Crippen LogP contribution in [0.3, 0.4) is 0 Å². The highest BCUT2D eigenvalue weighted by molar-refractivity contribution is 6.30. The Morgan fingerprint density at radius 3 is 1.59 bits per heavy atom. The summed E-state index contributed by atoms with van der Waals surface area (Å²) in [6, 6.07) is 52.3. The van der Waals surface area contributed by atoms with Crippen LogP contribution in [0.2, 0.25) is 0 Å². The van der Waals surface area contributed by atoms with Crippen molar-refractivity contribution in [2.45, 2.75) is 107 Å². The van der Waals surface area contributed by atoms with Gasteiger partial charge in [0.2, 0.25) is 0 Å². The molecule has 4 heterocycles. The quantitative estimate of drug-likeness (QED) is 0.165. The number of hydrogen-bond acceptors (Lipinski definition) is 2. The summed E-state index contributed by atoms with van der Waals surface area (Å²) < 4.78 is 5.15. The van der Waals surface area contributed by atoms with Gasteiger partial charge >= 0.3 is 0 Å². The molecule has 4 saturated carbocycles. The highest BCUT2D eigenvalue weighted by Gasteiger charge is 2.52. The first-order valence-electron chi connectivity index (χ1n) is 27.9. The molecule has 12 aromatic rings. The van der Waals surface area contributed by atoms with Crippen LogP contribution in [0.1, 0.15) is 173 Å². The van der Waals surface area contributed by atoms with E-state index in [-0.39, 0.29) is 40.3 Å². The Hall–Kier alpha value is -7.48. The molecule has 0 spiro atoms. The van der Waals surface area contributed by atoms with Gasteiger partial charge in [-0.2, -0.15) is 5.26 Å². The van der Waals surface area contributed by atoms with Crippen molar-refractivity contribution >= 4 is 82.0 Å². The zero-order chi connectivity index (χ0) is 48.6. The summed E-state index contributed by atoms with van der Waals surface area (Å²) in [6.07, 6.45) is 10.0. The van der Waals surface area contributed by atoms with E-state index in [1.165, 1.54) is 159 Å². The second-order valence-corrected chi connectivity index (χ2v) is 25.9. The van der Waals surface area contributed by atoms with Crippen LogP contribution in [0.15, 0.2) is 127 Å². The fourth-order valence-electron chi connectivity index (χ4n) is 18.9. The largest absolute Gasteiger partial charge is 0.308 e. The molecule has 2 atom stereocenters. The van der Waals surface area contributed by atoms with Crippen LogP contribution in [-0.4, -0.2) is 14.6 Å². The molecule has 0 N–H and O–H groups in total. The first-order chi connectivity index (χ1) is 36.1. The number of nitriles is 1. The molecule has 8 bridgehead atoms. The van der Waals surface area contributed by atoms with Gasteiger partial charge in [-0.25, -0.2) is 0 Å². The minimum absolute atomic E-state index is 0.0158. The van der Waals surface area contributed by atoms with E-state index >= 15 is 0 Å². The van der Waals surface area contributed by atoms with Crippen LogP contribution in [0.25, 0.3) is 76.2 Å². The Balaban J connectivity index is 0.965. The number of nitrogens with zero attached hydrogens (tertiary/aromatic N) is 3. The molecule has 0 aliphatic heterocycles. The Bertz CT molecular complexity index is 4610. The molecule has 10 aliphatic carbocycles. The molecule has 4 aromatic heterocycles. The van der Waals surface area contributed by atoms with E-state index in [2.05, 4.69) is 163 Å². The van der Waals surface area contributed by atoms with Gasteiger partial charge < -0.3 is 8.80 Å². The monoisotopic (exact) mass is 951 g/mol. The number of carbonyl (C=O) groups excluding carboxylic acids is 1. The fraction of sp³-hybridized carbons (Fsp3) is 0.286. The second-order valence-electron chi connectivity index (χ2n) is 25.9. The maximum absolute atomic E-state index is 15.0. The maximum atomic E-state index is 15.0. The van der Waals surface area contributed by atoms with Crippen molar-refractivity contribution in [3.63, 3.8) is 0 Å². The number of hydrogen-bond donors (Lipinski definition) is 0. The van der Waals surface area contributed by atoms with Crippen molar-refractivity contribution in [3.05, 3.63) is 200 Å². The Morgan fingerprint density at radius 2 is 1.00 bits per heavy atom. The molecule has 4 heteroatoms. The van der Waals surface area contributed by atoms with Gasteiger partial charge in [-0.15, -0.1) is 0 Å². The van der Waals surface area contributed by atoms with Gasteiger partial charge in [-0.1, -0.05) is 93.6 Å². The molecule has 4 nitrogen and oxygen atoms in total. The minimum Gasteiger partial charge on any atom is -0.308 e. The maximum Gasteiger partial charge on any atom is 0.170 e. The number of fused-ring (bicyclic) bond motifs is 13. The van der Waals surface area contributed by atoms with Gasteiger partial charge in [0, 0.05) is 72.3 Å². The van der Waals surface area contributed by atoms with E-state index < -0.39 is 0 Å². The van der Waals surface area contributed by atoms with Crippen LogP contribution in [0.4, 0.5) is 0 Å². The Morgan fingerprint density at radius 1 is 0.514 bits per heavy atom. The number of carbonyl (C=O) groups is 1. The summed E-state index contributed by atoms with van der Waals surface area (Å²) in [7, 11) is 0. The zero-order valence-electron chi connectivity index (χ0n) is 42.1. The molecular weight excluding hydrogens is 899 g/mol. The van der Waals surface area contributed by atoms with Gasteiger partial charge in [-0.05, 0) is 196 Å². The summed E-state index contributed by atoms with van der Waals surface area (Å²) in [4.78, 5) is 15.0. The lowest BCUT2D eigenvalue weighted by Gasteiger charge is -2.57. The van der Waals surface area contributed by atoms with Crippen molar-refractivity contribution in [3.8, 4) is 6.07 Å². The normalized spacial score (nSPS) is 26.1. The van der Waals surface area contributed by atoms with Crippen molar-refractivity contribution in [1.82, 2.24) is 8.80 Å². The smallest absolute Gasteiger partial charge is 0.170 e. The van der Waals surface area contributed by atoms with E-state index in [9.17, 15) is 10.1 Å². The summed E-state index contributed by atoms with van der Waals surface area (Å²) in [5, 5.41) is 21.8. The molecule has 8 aromatic carbocycles. The number of aromatic nitrogens is 2. The number of Topliss-reactive ketones (excluding diaryl/α,β-unsaturated/α-hetero) is 1. The van der Waals surface area contributed by atoms with Crippen molar-refractivity contribution in [2.24, 2.45) is 17.8 Å². The minimum atomic E-state index is -0.0946. The average Bonchev–Trinajstić information content (AvgIpc) is 4.23. The lowest BCUT2D eigenvalue weighted by molar-refractivity contribution is -0.00508. The number of ketones is 1. The summed E-state index contributed by atoms with van der Waals surface area (Å²) in [5.74, 6) is 2.93. The van der Waals surface area contributed by atoms with Crippen molar-refractivity contribution in [1.29, 1.82) is 5.26 Å². The van der Waals surface area contributed by atoms with Gasteiger partial charge in [0.25, 0.3) is 0 Å². The second kappa shape index (κ2) is 12.9. The SMILES string of the molecule is CC(C)(C)c1cc2c3cc4c(cc3n3c5cc6c7cc(C89CC%10CC(CC(C%10)C8)C9)cc8c9c%10c(c(C#N)cc9n(c6cc5c(c1)c23)c78)C1c2ccccc2C%10c2ccccc21)C(=O)C1CCC4c2ccccc21. The molecule has 2 unspecified atom stereocenters. The highest BCUT2D eigenvalue weighted by Crippen LogP contribution is 2.64. The number of benzene rings is 8. The van der Waals surface area contributed by atoms with Gasteiger partial charge in [0.05, 0.1) is 44.7 Å². The van der Waals surface area contributed by atoms with E-state index in [1.54, 1.807) is 5.56 Å². The third kappa shape index (κ3) is 4.54. The topological polar surface area (TPSA) is 49.7 Å². The summed E-state index contributed by atoms with van der Waals surface area (Å²) in [5.41, 5.74) is 23.8. The molecule has 354 valence electrons. The molecular formula is C70H53N3O. The van der Waals surface area contributed by atoms with Crippen molar-refractivity contribution in [2.75, 3.05) is 0 Å². The molecule has 0 radical (unpaired) electrons. The van der Waals surface area contributed by atoms with Crippen LogP contribution in [-0.2, 0) is 10.8 Å². The molecule has 74 heavy (non-hydrogen) atoms. The molecule has 0 saturated heterocycles. The average molecular weight is 952 g/mol. The summed E-state index contributed by atoms with van der Waals surface area (Å²) in [6.45, 7) is 7.03. The van der Waals surface area contributed by atoms with E-state index in [4.69, 9.17) is 0 Å². The lowest BCUT2D eigenvalue weighted by atomic mass is 9.48. The van der Waals surface area contributed by atoms with E-state index in [0.717, 1.165) is 52.8 Å². The predicted molar refractivity (Wildman–Crippen MR) is 298 cm³/mol. The summed E-state index contributed by atoms with van der Waals surface area (Å²) >= 11 is 0. The van der Waals surface area contributed by atoms with E-state index in [1.807, 2.05) is 0 Å². The van der Waals surface area contributed by atoms with Crippen LogP contribution in [0.5, 0.6) is 0 Å². The first-order valence-corrected chi connectivity index (χ1v) is 27.9. The highest BCUT2D eigenvalue weighted by atomic mass is 16.1. The Kier molecular flexibility index (Phi) is 6.96. The lowest BCUT2D eigenvalue weighted by Crippen LogP contribution is -2.48. The molecule has 10 aliphatic rings. The van der Waals surface area contributed by atoms with Gasteiger partial charge in [0.15, 0.2) is 5.78 Å². The van der Waals surface area contributed by atoms with Crippen LogP contribution >= 0.6 is 0 Å². The molecule has 4 fully saturated rings. The fourth-order valence-corrected chi connectivity index (χ4v) is 18.9. The Labute approximate surface area is 428 Å².